The maximum absolute atomic E-state index is 12.0. The quantitative estimate of drug-likeness (QED) is 0.766. The topological polar surface area (TPSA) is 65.5 Å². The monoisotopic (exact) mass is 293 g/mol. The zero-order valence-electron chi connectivity index (χ0n) is 11.6. The second-order valence-electron chi connectivity index (χ2n) is 4.32. The molecule has 0 N–H and O–H groups in total. The predicted molar refractivity (Wildman–Crippen MR) is 77.0 cm³/mol. The molecule has 2 aromatic rings. The zero-order chi connectivity index (χ0) is 14.7. The number of nitrogens with zero attached hydrogens (tertiary/aromatic N) is 1. The fraction of sp³-hybridized carbons (Fsp3) is 0.357. The average molecular weight is 293 g/mol. The highest BCUT2D eigenvalue weighted by atomic mass is 32.1. The van der Waals surface area contributed by atoms with Crippen molar-refractivity contribution >= 4 is 33.1 Å². The number of aromatic nitrogens is 1. The SMILES string of the molecule is COc1cc2sc(C(=O)CCC(C)=O)cc2nc1OC. The van der Waals surface area contributed by atoms with E-state index in [1.807, 2.05) is 0 Å². The smallest absolute Gasteiger partial charge is 0.257 e. The van der Waals surface area contributed by atoms with Gasteiger partial charge in [0.05, 0.1) is 29.3 Å². The van der Waals surface area contributed by atoms with Crippen LogP contribution in [0.1, 0.15) is 29.4 Å². The van der Waals surface area contributed by atoms with Crippen molar-refractivity contribution < 1.29 is 19.1 Å². The Morgan fingerprint density at radius 2 is 1.95 bits per heavy atom. The van der Waals surface area contributed by atoms with Gasteiger partial charge in [-0.05, 0) is 13.0 Å². The number of methoxy groups -OCH3 is 2. The van der Waals surface area contributed by atoms with Gasteiger partial charge in [0.2, 0.25) is 0 Å². The van der Waals surface area contributed by atoms with Crippen LogP contribution in [0.2, 0.25) is 0 Å². The van der Waals surface area contributed by atoms with Crippen molar-refractivity contribution in [3.63, 3.8) is 0 Å². The Labute approximate surface area is 120 Å². The Hall–Kier alpha value is -1.95. The number of rotatable bonds is 6. The minimum absolute atomic E-state index is 0.0147. The molecule has 0 spiro atoms. The van der Waals surface area contributed by atoms with Gasteiger partial charge in [-0.2, -0.15) is 0 Å². The number of Topliss-reactive ketones (excluding diaryl/α,β-unsaturated/α-hetero) is 2. The number of pyridine rings is 1. The summed E-state index contributed by atoms with van der Waals surface area (Å²) < 4.78 is 11.2. The van der Waals surface area contributed by atoms with Gasteiger partial charge in [0.25, 0.3) is 5.88 Å². The van der Waals surface area contributed by atoms with Crippen molar-refractivity contribution in [1.29, 1.82) is 0 Å². The molecule has 0 saturated heterocycles. The normalized spacial score (nSPS) is 10.6. The molecule has 0 unspecified atom stereocenters. The van der Waals surface area contributed by atoms with E-state index < -0.39 is 0 Å². The molecule has 0 saturated carbocycles. The molecular formula is C14H15NO4S. The largest absolute Gasteiger partial charge is 0.491 e. The third-order valence-electron chi connectivity index (χ3n) is 2.83. The lowest BCUT2D eigenvalue weighted by Gasteiger charge is -2.05. The lowest BCUT2D eigenvalue weighted by molar-refractivity contribution is -0.116. The first-order valence-corrected chi connectivity index (χ1v) is 6.92. The minimum Gasteiger partial charge on any atom is -0.491 e. The standard InChI is InChI=1S/C14H15NO4S/c1-8(16)4-5-10(17)13-6-9-12(20-13)7-11(18-2)14(15-9)19-3/h6-7H,4-5H2,1-3H3. The van der Waals surface area contributed by atoms with Crippen molar-refractivity contribution in [2.45, 2.75) is 19.8 Å². The Morgan fingerprint density at radius 1 is 1.20 bits per heavy atom. The molecule has 0 atom stereocenters. The third kappa shape index (κ3) is 2.96. The second-order valence-corrected chi connectivity index (χ2v) is 5.40. The van der Waals surface area contributed by atoms with Crippen LogP contribution < -0.4 is 9.47 Å². The molecule has 2 aromatic heterocycles. The molecule has 5 nitrogen and oxygen atoms in total. The van der Waals surface area contributed by atoms with Gasteiger partial charge in [0, 0.05) is 18.9 Å². The van der Waals surface area contributed by atoms with E-state index in [1.54, 1.807) is 12.1 Å². The number of ketones is 2. The van der Waals surface area contributed by atoms with Gasteiger partial charge in [-0.25, -0.2) is 4.98 Å². The van der Waals surface area contributed by atoms with Crippen LogP contribution in [0.15, 0.2) is 12.1 Å². The first-order chi connectivity index (χ1) is 9.55. The summed E-state index contributed by atoms with van der Waals surface area (Å²) in [4.78, 5) is 27.8. The van der Waals surface area contributed by atoms with E-state index in [0.717, 1.165) is 4.70 Å². The van der Waals surface area contributed by atoms with Crippen molar-refractivity contribution in [3.8, 4) is 11.6 Å². The van der Waals surface area contributed by atoms with Gasteiger partial charge >= 0.3 is 0 Å². The van der Waals surface area contributed by atoms with Crippen molar-refractivity contribution in [3.05, 3.63) is 17.0 Å². The van der Waals surface area contributed by atoms with Crippen LogP contribution in [0.3, 0.4) is 0 Å². The highest BCUT2D eigenvalue weighted by molar-refractivity contribution is 7.20. The maximum Gasteiger partial charge on any atom is 0.257 e. The highest BCUT2D eigenvalue weighted by Crippen LogP contribution is 2.33. The second kappa shape index (κ2) is 6.00. The number of thiophene rings is 1. The summed E-state index contributed by atoms with van der Waals surface area (Å²) in [6.45, 7) is 1.48. The number of carbonyl (C=O) groups excluding carboxylic acids is 2. The van der Waals surface area contributed by atoms with Gasteiger partial charge < -0.3 is 14.3 Å². The fourth-order valence-corrected chi connectivity index (χ4v) is 2.77. The van der Waals surface area contributed by atoms with Crippen molar-refractivity contribution in [1.82, 2.24) is 4.98 Å². The van der Waals surface area contributed by atoms with Crippen molar-refractivity contribution in [2.75, 3.05) is 14.2 Å². The number of hydrogen-bond donors (Lipinski definition) is 0. The Balaban J connectivity index is 2.33. The summed E-state index contributed by atoms with van der Waals surface area (Å²) >= 11 is 1.35. The summed E-state index contributed by atoms with van der Waals surface area (Å²) in [7, 11) is 3.06. The van der Waals surface area contributed by atoms with Gasteiger partial charge in [-0.15, -0.1) is 11.3 Å². The van der Waals surface area contributed by atoms with E-state index in [1.165, 1.54) is 32.5 Å². The highest BCUT2D eigenvalue weighted by Gasteiger charge is 2.15. The molecule has 0 amide bonds. The van der Waals surface area contributed by atoms with Gasteiger partial charge in [0.15, 0.2) is 11.5 Å². The predicted octanol–water partition coefficient (Wildman–Crippen LogP) is 2.87. The molecule has 6 heteroatoms. The Kier molecular flexibility index (Phi) is 4.34. The van der Waals surface area contributed by atoms with E-state index in [2.05, 4.69) is 4.98 Å². The first kappa shape index (κ1) is 14.5. The summed E-state index contributed by atoms with van der Waals surface area (Å²) in [6, 6.07) is 3.53. The molecule has 0 aliphatic heterocycles. The molecule has 0 radical (unpaired) electrons. The molecule has 0 aliphatic rings. The van der Waals surface area contributed by atoms with Crippen LogP contribution in [0, 0.1) is 0 Å². The molecule has 0 aliphatic carbocycles. The van der Waals surface area contributed by atoms with Crippen LogP contribution in [-0.4, -0.2) is 30.8 Å². The zero-order valence-corrected chi connectivity index (χ0v) is 12.4. The lowest BCUT2D eigenvalue weighted by Crippen LogP contribution is -1.99. The lowest BCUT2D eigenvalue weighted by atomic mass is 10.1. The number of ether oxygens (including phenoxy) is 2. The molecule has 106 valence electrons. The molecule has 20 heavy (non-hydrogen) atoms. The Bertz CT molecular complexity index is 621. The molecule has 2 heterocycles. The molecule has 0 bridgehead atoms. The molecule has 0 aromatic carbocycles. The van der Waals surface area contributed by atoms with Gasteiger partial charge in [0.1, 0.15) is 5.78 Å². The number of carbonyl (C=O) groups is 2. The number of hydrogen-bond acceptors (Lipinski definition) is 6. The van der Waals surface area contributed by atoms with Crippen LogP contribution in [0.4, 0.5) is 0 Å². The van der Waals surface area contributed by atoms with Crippen LogP contribution in [-0.2, 0) is 4.79 Å². The van der Waals surface area contributed by atoms with Crippen LogP contribution in [0.5, 0.6) is 11.6 Å². The van der Waals surface area contributed by atoms with E-state index in [0.29, 0.717) is 22.0 Å². The third-order valence-corrected chi connectivity index (χ3v) is 3.94. The summed E-state index contributed by atoms with van der Waals surface area (Å²) in [5.74, 6) is 0.896. The van der Waals surface area contributed by atoms with Crippen LogP contribution in [0.25, 0.3) is 10.2 Å². The minimum atomic E-state index is -0.0406. The number of fused-ring (bicyclic) bond motifs is 1. The van der Waals surface area contributed by atoms with Gasteiger partial charge in [-0.1, -0.05) is 0 Å². The molecule has 0 fully saturated rings. The fourth-order valence-electron chi connectivity index (χ4n) is 1.77. The average Bonchev–Trinajstić information content (AvgIpc) is 2.85. The maximum atomic E-state index is 12.0. The Morgan fingerprint density at radius 3 is 2.55 bits per heavy atom. The summed E-state index contributed by atoms with van der Waals surface area (Å²) in [5, 5.41) is 0. The summed E-state index contributed by atoms with van der Waals surface area (Å²) in [6.07, 6.45) is 0.504. The first-order valence-electron chi connectivity index (χ1n) is 6.10. The molecular weight excluding hydrogens is 278 g/mol. The van der Waals surface area contributed by atoms with E-state index in [-0.39, 0.29) is 24.4 Å². The van der Waals surface area contributed by atoms with Gasteiger partial charge in [-0.3, -0.25) is 4.79 Å². The van der Waals surface area contributed by atoms with Crippen molar-refractivity contribution in [2.24, 2.45) is 0 Å². The van der Waals surface area contributed by atoms with E-state index in [9.17, 15) is 9.59 Å². The summed E-state index contributed by atoms with van der Waals surface area (Å²) in [5.41, 5.74) is 0.693. The molecule has 2 rings (SSSR count). The van der Waals surface area contributed by atoms with Crippen LogP contribution >= 0.6 is 11.3 Å². The van der Waals surface area contributed by atoms with E-state index >= 15 is 0 Å². The van der Waals surface area contributed by atoms with E-state index in [4.69, 9.17) is 9.47 Å².